The third kappa shape index (κ3) is 4.35. The summed E-state index contributed by atoms with van der Waals surface area (Å²) in [7, 11) is 1.64. The highest BCUT2D eigenvalue weighted by Gasteiger charge is 2.26. The molecule has 5 nitrogen and oxygen atoms in total. The average molecular weight is 380 g/mol. The SMILES string of the molecule is Cc1cccc(C)c1NC(=O)CN(C)C(=O)/C=C/c1cc(C)n(C2CC2)c1C. The summed E-state index contributed by atoms with van der Waals surface area (Å²) in [6.45, 7) is 8.13. The Balaban J connectivity index is 1.61. The number of nitrogens with zero attached hydrogens (tertiary/aromatic N) is 2. The van der Waals surface area contributed by atoms with Gasteiger partial charge < -0.3 is 14.8 Å². The fourth-order valence-corrected chi connectivity index (χ4v) is 3.64. The summed E-state index contributed by atoms with van der Waals surface area (Å²) in [4.78, 5) is 26.2. The van der Waals surface area contributed by atoms with Crippen molar-refractivity contribution >= 4 is 23.6 Å². The van der Waals surface area contributed by atoms with E-state index < -0.39 is 0 Å². The molecule has 0 aliphatic heterocycles. The highest BCUT2D eigenvalue weighted by atomic mass is 16.2. The normalized spacial score (nSPS) is 13.8. The van der Waals surface area contributed by atoms with Crippen LogP contribution in [0.4, 0.5) is 5.69 Å². The number of carbonyl (C=O) groups excluding carboxylic acids is 2. The molecule has 0 radical (unpaired) electrons. The third-order valence-corrected chi connectivity index (χ3v) is 5.34. The fourth-order valence-electron chi connectivity index (χ4n) is 3.64. The minimum atomic E-state index is -0.200. The summed E-state index contributed by atoms with van der Waals surface area (Å²) >= 11 is 0. The van der Waals surface area contributed by atoms with Gasteiger partial charge in [0.05, 0.1) is 6.54 Å². The van der Waals surface area contributed by atoms with Gasteiger partial charge >= 0.3 is 0 Å². The summed E-state index contributed by atoms with van der Waals surface area (Å²) in [6.07, 6.45) is 5.86. The number of aromatic nitrogens is 1. The number of aryl methyl sites for hydroxylation is 3. The lowest BCUT2D eigenvalue weighted by atomic mass is 10.1. The highest BCUT2D eigenvalue weighted by Crippen LogP contribution is 2.38. The van der Waals surface area contributed by atoms with Gasteiger partial charge in [0, 0.05) is 36.2 Å². The molecule has 2 aromatic rings. The molecule has 28 heavy (non-hydrogen) atoms. The molecule has 2 amide bonds. The lowest BCUT2D eigenvalue weighted by molar-refractivity contribution is -0.129. The van der Waals surface area contributed by atoms with Crippen molar-refractivity contribution in [3.63, 3.8) is 0 Å². The van der Waals surface area contributed by atoms with Crippen LogP contribution in [0.5, 0.6) is 0 Å². The van der Waals surface area contributed by atoms with Crippen molar-refractivity contribution in [1.29, 1.82) is 0 Å². The van der Waals surface area contributed by atoms with E-state index in [2.05, 4.69) is 29.8 Å². The number of likely N-dealkylation sites (N-methyl/N-ethyl adjacent to an activating group) is 1. The van der Waals surface area contributed by atoms with Crippen molar-refractivity contribution in [2.24, 2.45) is 0 Å². The number of para-hydroxylation sites is 1. The second-order valence-electron chi connectivity index (χ2n) is 7.77. The number of nitrogens with one attached hydrogen (secondary N) is 1. The molecule has 1 fully saturated rings. The Hall–Kier alpha value is -2.82. The van der Waals surface area contributed by atoms with E-state index in [1.165, 1.54) is 29.1 Å². The molecule has 1 N–H and O–H groups in total. The van der Waals surface area contributed by atoms with Crippen LogP contribution in [0.25, 0.3) is 6.08 Å². The molecule has 0 atom stereocenters. The van der Waals surface area contributed by atoms with E-state index in [1.807, 2.05) is 38.1 Å². The molecular formula is C23H29N3O2. The largest absolute Gasteiger partial charge is 0.346 e. The van der Waals surface area contributed by atoms with E-state index in [-0.39, 0.29) is 18.4 Å². The van der Waals surface area contributed by atoms with E-state index in [4.69, 9.17) is 0 Å². The van der Waals surface area contributed by atoms with Crippen molar-refractivity contribution in [3.8, 4) is 0 Å². The third-order valence-electron chi connectivity index (χ3n) is 5.34. The van der Waals surface area contributed by atoms with Crippen LogP contribution >= 0.6 is 0 Å². The number of carbonyl (C=O) groups is 2. The number of hydrogen-bond donors (Lipinski definition) is 1. The van der Waals surface area contributed by atoms with Gasteiger partial charge in [-0.15, -0.1) is 0 Å². The lowest BCUT2D eigenvalue weighted by Gasteiger charge is -2.16. The molecule has 0 spiro atoms. The van der Waals surface area contributed by atoms with Gasteiger partial charge in [0.25, 0.3) is 0 Å². The summed E-state index contributed by atoms with van der Waals surface area (Å²) in [6, 6.07) is 8.61. The van der Waals surface area contributed by atoms with E-state index in [0.717, 1.165) is 22.4 Å². The predicted molar refractivity (Wildman–Crippen MR) is 113 cm³/mol. The molecule has 5 heteroatoms. The van der Waals surface area contributed by atoms with Crippen LogP contribution in [-0.2, 0) is 9.59 Å². The Kier molecular flexibility index (Phi) is 5.73. The summed E-state index contributed by atoms with van der Waals surface area (Å²) in [5.41, 5.74) is 6.32. The quantitative estimate of drug-likeness (QED) is 0.766. The van der Waals surface area contributed by atoms with Gasteiger partial charge in [-0.3, -0.25) is 9.59 Å². The van der Waals surface area contributed by atoms with E-state index in [1.54, 1.807) is 13.1 Å². The number of rotatable bonds is 6. The van der Waals surface area contributed by atoms with Crippen LogP contribution in [0.15, 0.2) is 30.3 Å². The Morgan fingerprint density at radius 3 is 2.43 bits per heavy atom. The van der Waals surface area contributed by atoms with E-state index in [0.29, 0.717) is 6.04 Å². The van der Waals surface area contributed by atoms with Crippen molar-refractivity contribution in [2.75, 3.05) is 18.9 Å². The van der Waals surface area contributed by atoms with Crippen LogP contribution in [0.2, 0.25) is 0 Å². The first-order chi connectivity index (χ1) is 13.3. The Morgan fingerprint density at radius 1 is 1.18 bits per heavy atom. The van der Waals surface area contributed by atoms with Gasteiger partial charge in [-0.25, -0.2) is 0 Å². The van der Waals surface area contributed by atoms with Crippen LogP contribution in [-0.4, -0.2) is 34.9 Å². The fraction of sp³-hybridized carbons (Fsp3) is 0.391. The molecular weight excluding hydrogens is 350 g/mol. The lowest BCUT2D eigenvalue weighted by Crippen LogP contribution is -2.34. The molecule has 0 unspecified atom stereocenters. The van der Waals surface area contributed by atoms with Crippen LogP contribution in [0.3, 0.4) is 0 Å². The van der Waals surface area contributed by atoms with Crippen molar-refractivity contribution < 1.29 is 9.59 Å². The van der Waals surface area contributed by atoms with Crippen LogP contribution in [0, 0.1) is 27.7 Å². The van der Waals surface area contributed by atoms with Gasteiger partial charge in [0.15, 0.2) is 0 Å². The monoisotopic (exact) mass is 379 g/mol. The molecule has 1 aliphatic rings. The molecule has 148 valence electrons. The van der Waals surface area contributed by atoms with Crippen LogP contribution in [0.1, 0.15) is 47.0 Å². The second kappa shape index (κ2) is 8.05. The molecule has 1 aromatic heterocycles. The van der Waals surface area contributed by atoms with Gasteiger partial charge in [0.2, 0.25) is 11.8 Å². The minimum absolute atomic E-state index is 0.0119. The smallest absolute Gasteiger partial charge is 0.246 e. The number of benzene rings is 1. The van der Waals surface area contributed by atoms with Gasteiger partial charge in [-0.2, -0.15) is 0 Å². The van der Waals surface area contributed by atoms with Crippen molar-refractivity contribution in [1.82, 2.24) is 9.47 Å². The maximum atomic E-state index is 12.4. The molecule has 1 saturated carbocycles. The zero-order valence-electron chi connectivity index (χ0n) is 17.4. The molecule has 3 rings (SSSR count). The molecule has 0 bridgehead atoms. The van der Waals surface area contributed by atoms with Crippen molar-refractivity contribution in [3.05, 3.63) is 58.4 Å². The number of amides is 2. The maximum absolute atomic E-state index is 12.4. The first kappa shape index (κ1) is 19.9. The highest BCUT2D eigenvalue weighted by molar-refractivity contribution is 5.98. The topological polar surface area (TPSA) is 54.3 Å². The van der Waals surface area contributed by atoms with Gasteiger partial charge in [-0.05, 0) is 69.4 Å². The summed E-state index contributed by atoms with van der Waals surface area (Å²) < 4.78 is 2.35. The molecule has 1 aliphatic carbocycles. The predicted octanol–water partition coefficient (Wildman–Crippen LogP) is 4.17. The summed E-state index contributed by atoms with van der Waals surface area (Å²) in [5.74, 6) is -0.388. The zero-order valence-corrected chi connectivity index (χ0v) is 17.4. The standard InChI is InChI=1S/C23H29N3O2/c1-15-7-6-8-16(2)23(15)24-21(27)14-25(5)22(28)12-9-19-13-17(3)26(18(19)4)20-10-11-20/h6-9,12-13,20H,10-11,14H2,1-5H3,(H,24,27)/b12-9+. The molecule has 1 heterocycles. The summed E-state index contributed by atoms with van der Waals surface area (Å²) in [5, 5.41) is 2.92. The minimum Gasteiger partial charge on any atom is -0.346 e. The van der Waals surface area contributed by atoms with E-state index >= 15 is 0 Å². The first-order valence-electron chi connectivity index (χ1n) is 9.75. The Bertz CT molecular complexity index is 915. The first-order valence-corrected chi connectivity index (χ1v) is 9.75. The maximum Gasteiger partial charge on any atom is 0.246 e. The van der Waals surface area contributed by atoms with E-state index in [9.17, 15) is 9.59 Å². The van der Waals surface area contributed by atoms with Crippen molar-refractivity contribution in [2.45, 2.75) is 46.6 Å². The number of hydrogen-bond acceptors (Lipinski definition) is 2. The number of anilines is 1. The van der Waals surface area contributed by atoms with Gasteiger partial charge in [-0.1, -0.05) is 18.2 Å². The molecule has 0 saturated heterocycles. The molecule has 1 aromatic carbocycles. The second-order valence-corrected chi connectivity index (χ2v) is 7.77. The Morgan fingerprint density at radius 2 is 1.82 bits per heavy atom. The van der Waals surface area contributed by atoms with Gasteiger partial charge in [0.1, 0.15) is 0 Å². The van der Waals surface area contributed by atoms with Crippen LogP contribution < -0.4 is 5.32 Å². The zero-order chi connectivity index (χ0) is 20.4. The average Bonchev–Trinajstić information content (AvgIpc) is 3.42. The Labute approximate surface area is 167 Å².